The number of nitrogens with zero attached hydrogens (tertiary/aromatic N) is 2. The van der Waals surface area contributed by atoms with Gasteiger partial charge in [0, 0.05) is 64.6 Å². The molecule has 3 N–H and O–H groups in total. The lowest BCUT2D eigenvalue weighted by molar-refractivity contribution is -0.438. The van der Waals surface area contributed by atoms with Crippen molar-refractivity contribution in [3.8, 4) is 0 Å². The Morgan fingerprint density at radius 1 is 0.898 bits per heavy atom. The SMILES string of the molecule is Cc1ccc2c(c1)C(C)(C)/C(=C\C=C1/CCCC(/C=C/C3=[N+](CCCCS(=O)(=O)O)c4ccc(S(=O)(=O)O)cc4C3(C)C)=C1Cl)N2CCCNC(=O)c1ccc([18F])cc1. The van der Waals surface area contributed by atoms with Gasteiger partial charge in [0.25, 0.3) is 26.1 Å². The second-order valence-corrected chi connectivity index (χ2v) is 19.9. The van der Waals surface area contributed by atoms with Gasteiger partial charge >= 0.3 is 0 Å². The molecule has 10 nitrogen and oxygen atoms in total. The van der Waals surface area contributed by atoms with Crippen LogP contribution in [0.2, 0.25) is 0 Å². The Morgan fingerprint density at radius 2 is 1.63 bits per heavy atom. The summed E-state index contributed by atoms with van der Waals surface area (Å²) >= 11 is 7.20. The molecule has 0 atom stereocenters. The Labute approximate surface area is 352 Å². The summed E-state index contributed by atoms with van der Waals surface area (Å²) in [6.45, 7) is 12.0. The van der Waals surface area contributed by atoms with Crippen LogP contribution in [0.4, 0.5) is 15.8 Å². The van der Waals surface area contributed by atoms with Gasteiger partial charge < -0.3 is 10.2 Å². The first-order valence-electron chi connectivity index (χ1n) is 19.8. The van der Waals surface area contributed by atoms with E-state index in [0.717, 1.165) is 53.2 Å². The Morgan fingerprint density at radius 3 is 2.32 bits per heavy atom. The maximum absolute atomic E-state index is 13.4. The average Bonchev–Trinajstić information content (AvgIpc) is 3.50. The van der Waals surface area contributed by atoms with Gasteiger partial charge in [-0.2, -0.15) is 21.4 Å². The summed E-state index contributed by atoms with van der Waals surface area (Å²) in [7, 11) is -8.57. The molecule has 1 amide bonds. The number of hydrogen-bond acceptors (Lipinski definition) is 6. The Bertz CT molecular complexity index is 2540. The van der Waals surface area contributed by atoms with E-state index in [-0.39, 0.29) is 28.4 Å². The van der Waals surface area contributed by atoms with Crippen LogP contribution < -0.4 is 10.2 Å². The fourth-order valence-corrected chi connectivity index (χ4v) is 9.74. The average molecular weight is 865 g/mol. The van der Waals surface area contributed by atoms with E-state index in [0.29, 0.717) is 48.6 Å². The molecule has 0 radical (unpaired) electrons. The molecule has 1 aliphatic carbocycles. The maximum Gasteiger partial charge on any atom is 0.294 e. The molecule has 0 fully saturated rings. The van der Waals surface area contributed by atoms with Crippen LogP contribution in [0.25, 0.3) is 0 Å². The van der Waals surface area contributed by atoms with E-state index in [1.54, 1.807) is 6.07 Å². The van der Waals surface area contributed by atoms with Gasteiger partial charge in [-0.05, 0) is 118 Å². The van der Waals surface area contributed by atoms with Crippen molar-refractivity contribution in [2.24, 2.45) is 0 Å². The zero-order valence-electron chi connectivity index (χ0n) is 34.1. The number of hydrogen-bond donors (Lipinski definition) is 3. The lowest BCUT2D eigenvalue weighted by Gasteiger charge is -2.27. The third-order valence-corrected chi connectivity index (χ3v) is 13.7. The second-order valence-electron chi connectivity index (χ2n) is 16.5. The van der Waals surface area contributed by atoms with E-state index < -0.39 is 31.5 Å². The van der Waals surface area contributed by atoms with Crippen LogP contribution in [0.5, 0.6) is 0 Å². The normalized spacial score (nSPS) is 19.0. The molecule has 6 rings (SSSR count). The van der Waals surface area contributed by atoms with Crippen LogP contribution in [0, 0.1) is 12.7 Å². The molecule has 0 saturated carbocycles. The van der Waals surface area contributed by atoms with Crippen LogP contribution in [-0.2, 0) is 31.1 Å². The van der Waals surface area contributed by atoms with E-state index in [4.69, 9.17) is 11.6 Å². The first-order chi connectivity index (χ1) is 27.7. The minimum Gasteiger partial charge on any atom is -0.352 e. The molecular weight excluding hydrogens is 812 g/mol. The summed E-state index contributed by atoms with van der Waals surface area (Å²) in [6, 6.07) is 16.5. The molecule has 14 heteroatoms. The quantitative estimate of drug-likeness (QED) is 0.0828. The molecule has 0 spiro atoms. The molecule has 314 valence electrons. The van der Waals surface area contributed by atoms with Crippen LogP contribution >= 0.6 is 11.6 Å². The van der Waals surface area contributed by atoms with Crippen molar-refractivity contribution in [1.29, 1.82) is 0 Å². The molecule has 2 aliphatic heterocycles. The molecule has 3 aromatic rings. The molecule has 0 aromatic heterocycles. The zero-order chi connectivity index (χ0) is 42.9. The predicted molar refractivity (Wildman–Crippen MR) is 232 cm³/mol. The van der Waals surface area contributed by atoms with Gasteiger partial charge in [-0.25, -0.2) is 4.39 Å². The topological polar surface area (TPSA) is 144 Å². The van der Waals surface area contributed by atoms with Crippen molar-refractivity contribution in [2.45, 2.75) is 88.9 Å². The summed E-state index contributed by atoms with van der Waals surface area (Å²) in [6.07, 6.45) is 12.0. The molecule has 0 unspecified atom stereocenters. The second kappa shape index (κ2) is 17.3. The number of carbonyl (C=O) groups is 1. The van der Waals surface area contributed by atoms with E-state index in [2.05, 4.69) is 61.3 Å². The predicted octanol–water partition coefficient (Wildman–Crippen LogP) is 9.09. The lowest BCUT2D eigenvalue weighted by atomic mass is 9.81. The number of amides is 1. The maximum atomic E-state index is 13.4. The summed E-state index contributed by atoms with van der Waals surface area (Å²) in [4.78, 5) is 14.8. The van der Waals surface area contributed by atoms with Gasteiger partial charge in [-0.15, -0.1) is 0 Å². The van der Waals surface area contributed by atoms with Gasteiger partial charge in [0.1, 0.15) is 12.4 Å². The molecule has 0 saturated heterocycles. The number of rotatable bonds is 14. The molecule has 59 heavy (non-hydrogen) atoms. The van der Waals surface area contributed by atoms with Gasteiger partial charge in [0.2, 0.25) is 5.69 Å². The highest BCUT2D eigenvalue weighted by Gasteiger charge is 2.45. The van der Waals surface area contributed by atoms with E-state index in [1.807, 2.05) is 30.6 Å². The molecule has 3 aromatic carbocycles. The third-order valence-electron chi connectivity index (χ3n) is 11.5. The van der Waals surface area contributed by atoms with Crippen molar-refractivity contribution in [2.75, 3.05) is 30.3 Å². The number of unbranched alkanes of at least 4 members (excludes halogenated alkanes) is 1. The highest BCUT2D eigenvalue weighted by atomic mass is 35.5. The molecule has 2 heterocycles. The zero-order valence-corrected chi connectivity index (χ0v) is 36.4. The van der Waals surface area contributed by atoms with Crippen molar-refractivity contribution < 1.29 is 39.7 Å². The van der Waals surface area contributed by atoms with Crippen LogP contribution in [-0.4, -0.2) is 67.5 Å². The van der Waals surface area contributed by atoms with Gasteiger partial charge in [-0.3, -0.25) is 13.9 Å². The van der Waals surface area contributed by atoms with E-state index in [1.165, 1.54) is 47.5 Å². The summed E-state index contributed by atoms with van der Waals surface area (Å²) in [5.74, 6) is -1.01. The number of fused-ring (bicyclic) bond motifs is 2. The minimum atomic E-state index is -4.45. The monoisotopic (exact) mass is 863 g/mol. The number of allylic oxidation sites excluding steroid dienone is 8. The fourth-order valence-electron chi connectivity index (χ4n) is 8.35. The van der Waals surface area contributed by atoms with Crippen molar-refractivity contribution in [3.05, 3.63) is 135 Å². The van der Waals surface area contributed by atoms with Crippen LogP contribution in [0.3, 0.4) is 0 Å². The van der Waals surface area contributed by atoms with Crippen molar-refractivity contribution in [1.82, 2.24) is 5.32 Å². The number of benzene rings is 3. The summed E-state index contributed by atoms with van der Waals surface area (Å²) in [5.41, 5.74) is 8.27. The van der Waals surface area contributed by atoms with Gasteiger partial charge in [0.15, 0.2) is 5.71 Å². The van der Waals surface area contributed by atoms with Crippen molar-refractivity contribution >= 4 is 54.8 Å². The highest BCUT2D eigenvalue weighted by Crippen LogP contribution is 2.48. The Balaban J connectivity index is 1.28. The van der Waals surface area contributed by atoms with Crippen LogP contribution in [0.15, 0.2) is 112 Å². The van der Waals surface area contributed by atoms with E-state index >= 15 is 0 Å². The highest BCUT2D eigenvalue weighted by molar-refractivity contribution is 7.86. The molecule has 0 bridgehead atoms. The lowest BCUT2D eigenvalue weighted by Crippen LogP contribution is -2.30. The van der Waals surface area contributed by atoms with E-state index in [9.17, 15) is 35.1 Å². The summed E-state index contributed by atoms with van der Waals surface area (Å²) in [5, 5.41) is 3.62. The number of carbonyl (C=O) groups excluding carboxylic acids is 1. The Hall–Kier alpha value is -4.40. The van der Waals surface area contributed by atoms with Crippen LogP contribution in [0.1, 0.15) is 93.3 Å². The standard InChI is InChI=1S/C45H51ClFN3O7S2/c1-30-12-20-38-36(28-30)44(2,3)40(50(38)26-9-24-48-43(51)33-13-17-34(47)18-14-33)22-15-31-10-8-11-32(42(31)46)16-23-41-45(4,5)37-29-35(59(55,56)57)19-21-39(37)49(41)25-6-7-27-58(52,53)54/h12-23,28-29H,6-11,24-27H2,1-5H3,(H2-,48,51,52,53,54,55,56,57)/p+1/i47-1. The number of halogens is 2. The smallest absolute Gasteiger partial charge is 0.294 e. The largest absolute Gasteiger partial charge is 0.352 e. The molecule has 3 aliphatic rings. The van der Waals surface area contributed by atoms with Gasteiger partial charge in [0.05, 0.1) is 16.1 Å². The first kappa shape index (κ1) is 44.2. The number of anilines is 1. The minimum absolute atomic E-state index is 0.210. The molecular formula is C45H52ClFN3O7S2+. The third kappa shape index (κ3) is 9.81. The number of aryl methyl sites for hydroxylation is 1. The first-order valence-corrected chi connectivity index (χ1v) is 23.2. The fraction of sp³-hybridized carbons (Fsp3) is 0.378. The van der Waals surface area contributed by atoms with Crippen molar-refractivity contribution in [3.63, 3.8) is 0 Å². The Kier molecular flexibility index (Phi) is 12.9. The van der Waals surface area contributed by atoms with Gasteiger partial charge in [-0.1, -0.05) is 55.3 Å². The summed E-state index contributed by atoms with van der Waals surface area (Å²) < 4.78 is 81.5. The number of nitrogens with one attached hydrogen (secondary N) is 1.